The van der Waals surface area contributed by atoms with Crippen molar-refractivity contribution >= 4 is 18.2 Å². The first-order valence-electron chi connectivity index (χ1n) is 8.36. The Morgan fingerprint density at radius 3 is 2.41 bits per heavy atom. The molecule has 0 radical (unpaired) electrons. The SMILES string of the molecule is CCOc1cc(C=O)ccc1OCC(=O)NCc1ccc(C(=O)OC)cc1. The van der Waals surface area contributed by atoms with Crippen LogP contribution < -0.4 is 14.8 Å². The number of carbonyl (C=O) groups is 3. The number of nitrogens with one attached hydrogen (secondary N) is 1. The molecular weight excluding hydrogens is 350 g/mol. The van der Waals surface area contributed by atoms with Gasteiger partial charge in [-0.25, -0.2) is 4.79 Å². The van der Waals surface area contributed by atoms with Crippen LogP contribution in [0.2, 0.25) is 0 Å². The molecular formula is C20H21NO6. The topological polar surface area (TPSA) is 90.9 Å². The Kier molecular flexibility index (Phi) is 7.37. The summed E-state index contributed by atoms with van der Waals surface area (Å²) in [6, 6.07) is 11.5. The third kappa shape index (κ3) is 5.85. The number of amides is 1. The summed E-state index contributed by atoms with van der Waals surface area (Å²) in [5.41, 5.74) is 1.74. The highest BCUT2D eigenvalue weighted by Crippen LogP contribution is 2.27. The van der Waals surface area contributed by atoms with Crippen molar-refractivity contribution in [2.75, 3.05) is 20.3 Å². The van der Waals surface area contributed by atoms with Crippen LogP contribution >= 0.6 is 0 Å². The van der Waals surface area contributed by atoms with Gasteiger partial charge in [0.1, 0.15) is 6.29 Å². The van der Waals surface area contributed by atoms with Gasteiger partial charge in [0.05, 0.1) is 19.3 Å². The Morgan fingerprint density at radius 1 is 1.04 bits per heavy atom. The molecule has 0 unspecified atom stereocenters. The van der Waals surface area contributed by atoms with Crippen molar-refractivity contribution in [3.8, 4) is 11.5 Å². The van der Waals surface area contributed by atoms with E-state index >= 15 is 0 Å². The van der Waals surface area contributed by atoms with Crippen molar-refractivity contribution < 1.29 is 28.6 Å². The molecule has 27 heavy (non-hydrogen) atoms. The van der Waals surface area contributed by atoms with E-state index in [1.165, 1.54) is 7.11 Å². The Hall–Kier alpha value is -3.35. The third-order valence-corrected chi connectivity index (χ3v) is 3.63. The summed E-state index contributed by atoms with van der Waals surface area (Å²) in [5, 5.41) is 2.73. The van der Waals surface area contributed by atoms with Gasteiger partial charge in [-0.1, -0.05) is 12.1 Å². The van der Waals surface area contributed by atoms with Crippen molar-refractivity contribution in [2.45, 2.75) is 13.5 Å². The van der Waals surface area contributed by atoms with Crippen LogP contribution in [0.1, 0.15) is 33.2 Å². The molecule has 7 nitrogen and oxygen atoms in total. The molecule has 2 rings (SSSR count). The smallest absolute Gasteiger partial charge is 0.337 e. The standard InChI is InChI=1S/C20H21NO6/c1-3-26-18-10-15(12-22)6-9-17(18)27-13-19(23)21-11-14-4-7-16(8-5-14)20(24)25-2/h4-10,12H,3,11,13H2,1-2H3,(H,21,23). The predicted octanol–water partition coefficient (Wildman–Crippen LogP) is 2.38. The second-order valence-electron chi connectivity index (χ2n) is 5.51. The summed E-state index contributed by atoms with van der Waals surface area (Å²) in [7, 11) is 1.32. The van der Waals surface area contributed by atoms with E-state index in [-0.39, 0.29) is 12.5 Å². The van der Waals surface area contributed by atoms with E-state index in [4.69, 9.17) is 9.47 Å². The van der Waals surface area contributed by atoms with Crippen LogP contribution in [-0.2, 0) is 16.1 Å². The van der Waals surface area contributed by atoms with Crippen LogP contribution in [0.15, 0.2) is 42.5 Å². The van der Waals surface area contributed by atoms with Crippen LogP contribution in [-0.4, -0.2) is 38.5 Å². The van der Waals surface area contributed by atoms with E-state index in [0.717, 1.165) is 5.56 Å². The molecule has 1 amide bonds. The minimum atomic E-state index is -0.412. The maximum atomic E-state index is 12.0. The normalized spacial score (nSPS) is 10.0. The van der Waals surface area contributed by atoms with Gasteiger partial charge in [0.15, 0.2) is 18.1 Å². The van der Waals surface area contributed by atoms with Gasteiger partial charge in [-0.3, -0.25) is 9.59 Å². The summed E-state index contributed by atoms with van der Waals surface area (Å²) in [5.74, 6) is 0.0759. The lowest BCUT2D eigenvalue weighted by Gasteiger charge is -2.12. The lowest BCUT2D eigenvalue weighted by Crippen LogP contribution is -2.28. The number of carbonyl (C=O) groups excluding carboxylic acids is 3. The van der Waals surface area contributed by atoms with Crippen molar-refractivity contribution in [3.05, 3.63) is 59.2 Å². The van der Waals surface area contributed by atoms with Crippen molar-refractivity contribution in [3.63, 3.8) is 0 Å². The fraction of sp³-hybridized carbons (Fsp3) is 0.250. The van der Waals surface area contributed by atoms with Crippen molar-refractivity contribution in [2.24, 2.45) is 0 Å². The second-order valence-corrected chi connectivity index (χ2v) is 5.51. The number of hydrogen-bond acceptors (Lipinski definition) is 6. The largest absolute Gasteiger partial charge is 0.490 e. The van der Waals surface area contributed by atoms with Crippen LogP contribution in [0.5, 0.6) is 11.5 Å². The molecule has 0 aliphatic heterocycles. The minimum Gasteiger partial charge on any atom is -0.490 e. The summed E-state index contributed by atoms with van der Waals surface area (Å²) in [4.78, 5) is 34.2. The van der Waals surface area contributed by atoms with Crippen molar-refractivity contribution in [1.29, 1.82) is 0 Å². The molecule has 0 bridgehead atoms. The molecule has 0 aromatic heterocycles. The molecule has 0 aliphatic carbocycles. The van der Waals surface area contributed by atoms with Gasteiger partial charge in [0.25, 0.3) is 5.91 Å². The maximum Gasteiger partial charge on any atom is 0.337 e. The summed E-state index contributed by atoms with van der Waals surface area (Å²) < 4.78 is 15.6. The molecule has 2 aromatic carbocycles. The first kappa shape index (κ1) is 20.0. The number of benzene rings is 2. The Labute approximate surface area is 157 Å². The van der Waals surface area contributed by atoms with Crippen LogP contribution in [0.25, 0.3) is 0 Å². The molecule has 0 saturated carbocycles. The molecule has 7 heteroatoms. The van der Waals surface area contributed by atoms with E-state index in [9.17, 15) is 14.4 Å². The molecule has 0 aliphatic rings. The first-order valence-corrected chi connectivity index (χ1v) is 8.36. The van der Waals surface area contributed by atoms with E-state index < -0.39 is 5.97 Å². The molecule has 142 valence electrons. The maximum absolute atomic E-state index is 12.0. The van der Waals surface area contributed by atoms with E-state index in [1.807, 2.05) is 6.92 Å². The number of rotatable bonds is 9. The van der Waals surface area contributed by atoms with Crippen molar-refractivity contribution in [1.82, 2.24) is 5.32 Å². The molecule has 0 spiro atoms. The molecule has 1 N–H and O–H groups in total. The fourth-order valence-electron chi connectivity index (χ4n) is 2.26. The highest BCUT2D eigenvalue weighted by Gasteiger charge is 2.10. The van der Waals surface area contributed by atoms with Gasteiger partial charge >= 0.3 is 5.97 Å². The highest BCUT2D eigenvalue weighted by molar-refractivity contribution is 5.89. The van der Waals surface area contributed by atoms with Gasteiger partial charge < -0.3 is 19.5 Å². The Morgan fingerprint density at radius 2 is 1.78 bits per heavy atom. The molecule has 0 atom stereocenters. The zero-order valence-electron chi connectivity index (χ0n) is 15.2. The van der Waals surface area contributed by atoms with E-state index in [1.54, 1.807) is 42.5 Å². The zero-order valence-corrected chi connectivity index (χ0v) is 15.2. The first-order chi connectivity index (χ1) is 13.1. The summed E-state index contributed by atoms with van der Waals surface area (Å²) in [6.07, 6.45) is 0.713. The molecule has 0 heterocycles. The van der Waals surface area contributed by atoms with E-state index in [2.05, 4.69) is 10.1 Å². The monoisotopic (exact) mass is 371 g/mol. The average molecular weight is 371 g/mol. The van der Waals surface area contributed by atoms with Gasteiger partial charge in [0, 0.05) is 12.1 Å². The number of ether oxygens (including phenoxy) is 3. The highest BCUT2D eigenvalue weighted by atomic mass is 16.5. The third-order valence-electron chi connectivity index (χ3n) is 3.63. The number of aldehydes is 1. The number of hydrogen-bond donors (Lipinski definition) is 1. The predicted molar refractivity (Wildman–Crippen MR) is 98.1 cm³/mol. The van der Waals surface area contributed by atoms with Gasteiger partial charge in [0.2, 0.25) is 0 Å². The summed E-state index contributed by atoms with van der Waals surface area (Å²) >= 11 is 0. The van der Waals surface area contributed by atoms with Crippen LogP contribution in [0.3, 0.4) is 0 Å². The second kappa shape index (κ2) is 9.96. The Balaban J connectivity index is 1.87. The number of methoxy groups -OCH3 is 1. The molecule has 0 fully saturated rings. The average Bonchev–Trinajstić information content (AvgIpc) is 2.71. The fourth-order valence-corrected chi connectivity index (χ4v) is 2.26. The molecule has 2 aromatic rings. The minimum absolute atomic E-state index is 0.194. The Bertz CT molecular complexity index is 801. The van der Waals surface area contributed by atoms with Gasteiger partial charge in [-0.15, -0.1) is 0 Å². The number of esters is 1. The van der Waals surface area contributed by atoms with Crippen LogP contribution in [0, 0.1) is 0 Å². The summed E-state index contributed by atoms with van der Waals surface area (Å²) in [6.45, 7) is 2.33. The quantitative estimate of drug-likeness (QED) is 0.538. The van der Waals surface area contributed by atoms with Gasteiger partial charge in [-0.05, 0) is 42.8 Å². The lowest BCUT2D eigenvalue weighted by atomic mass is 10.1. The molecule has 0 saturated heterocycles. The lowest BCUT2D eigenvalue weighted by molar-refractivity contribution is -0.123. The zero-order chi connectivity index (χ0) is 19.6. The van der Waals surface area contributed by atoms with Crippen LogP contribution in [0.4, 0.5) is 0 Å². The van der Waals surface area contributed by atoms with Gasteiger partial charge in [-0.2, -0.15) is 0 Å². The van der Waals surface area contributed by atoms with E-state index in [0.29, 0.717) is 42.1 Å².